The lowest BCUT2D eigenvalue weighted by Gasteiger charge is -2.16. The maximum Gasteiger partial charge on any atom is 0.306 e. The van der Waals surface area contributed by atoms with Crippen LogP contribution < -0.4 is 0 Å². The van der Waals surface area contributed by atoms with E-state index in [1.165, 1.54) is 23.3 Å². The SMILES string of the molecule is CC(C)(O)CCn1cc([N+](=O)[O-])cn1.CCCC(C)(C)O.O=[N+]([O-])c1cn[nH]c1. The van der Waals surface area contributed by atoms with Crippen molar-refractivity contribution >= 4 is 11.4 Å². The first-order chi connectivity index (χ1) is 13.2. The Hall–Kier alpha value is -2.86. The Labute approximate surface area is 168 Å². The van der Waals surface area contributed by atoms with Gasteiger partial charge in [-0.3, -0.25) is 30.0 Å². The Bertz CT molecular complexity index is 730. The maximum absolute atomic E-state index is 10.3. The molecule has 0 aromatic carbocycles. The fourth-order valence-electron chi connectivity index (χ4n) is 1.91. The molecule has 0 fully saturated rings. The van der Waals surface area contributed by atoms with Gasteiger partial charge < -0.3 is 10.2 Å². The first-order valence-electron chi connectivity index (χ1n) is 9.00. The zero-order chi connectivity index (χ0) is 22.7. The van der Waals surface area contributed by atoms with Crippen molar-refractivity contribution in [3.05, 3.63) is 45.0 Å². The monoisotopic (exact) mass is 414 g/mol. The maximum atomic E-state index is 10.3. The number of aryl methyl sites for hydroxylation is 1. The minimum atomic E-state index is -0.777. The number of rotatable bonds is 7. The van der Waals surface area contributed by atoms with Crippen molar-refractivity contribution in [3.63, 3.8) is 0 Å². The summed E-state index contributed by atoms with van der Waals surface area (Å²) >= 11 is 0. The van der Waals surface area contributed by atoms with Gasteiger partial charge in [-0.25, -0.2) is 0 Å². The number of hydrogen-bond acceptors (Lipinski definition) is 8. The van der Waals surface area contributed by atoms with Crippen molar-refractivity contribution in [1.29, 1.82) is 0 Å². The third-order valence-corrected chi connectivity index (χ3v) is 3.34. The zero-order valence-corrected chi connectivity index (χ0v) is 17.4. The Morgan fingerprint density at radius 3 is 1.86 bits per heavy atom. The summed E-state index contributed by atoms with van der Waals surface area (Å²) in [4.78, 5) is 19.1. The molecule has 0 spiro atoms. The van der Waals surface area contributed by atoms with Gasteiger partial charge >= 0.3 is 11.4 Å². The van der Waals surface area contributed by atoms with Crippen molar-refractivity contribution in [3.8, 4) is 0 Å². The Morgan fingerprint density at radius 1 is 1.03 bits per heavy atom. The summed E-state index contributed by atoms with van der Waals surface area (Å²) in [5.74, 6) is 0. The average molecular weight is 414 g/mol. The minimum Gasteiger partial charge on any atom is -0.390 e. The fraction of sp³-hybridized carbons (Fsp3) is 0.647. The molecule has 0 saturated carbocycles. The smallest absolute Gasteiger partial charge is 0.306 e. The number of nitro groups is 2. The molecule has 0 radical (unpaired) electrons. The van der Waals surface area contributed by atoms with Crippen LogP contribution in [0.15, 0.2) is 24.8 Å². The van der Waals surface area contributed by atoms with Crippen molar-refractivity contribution in [1.82, 2.24) is 20.0 Å². The molecule has 164 valence electrons. The second-order valence-corrected chi connectivity index (χ2v) is 7.56. The van der Waals surface area contributed by atoms with Crippen LogP contribution in [0, 0.1) is 20.2 Å². The van der Waals surface area contributed by atoms with Gasteiger partial charge in [-0.1, -0.05) is 13.3 Å². The summed E-state index contributed by atoms with van der Waals surface area (Å²) in [5.41, 5.74) is -1.26. The van der Waals surface area contributed by atoms with Gasteiger partial charge in [-0.2, -0.15) is 10.2 Å². The average Bonchev–Trinajstić information content (AvgIpc) is 3.24. The lowest BCUT2D eigenvalue weighted by Crippen LogP contribution is -2.21. The van der Waals surface area contributed by atoms with Gasteiger partial charge in [0.05, 0.1) is 27.2 Å². The summed E-state index contributed by atoms with van der Waals surface area (Å²) < 4.78 is 1.45. The fourth-order valence-corrected chi connectivity index (χ4v) is 1.91. The Morgan fingerprint density at radius 2 is 1.59 bits per heavy atom. The molecule has 12 heteroatoms. The quantitative estimate of drug-likeness (QED) is 0.458. The molecule has 0 bridgehead atoms. The highest BCUT2D eigenvalue weighted by Crippen LogP contribution is 2.12. The second-order valence-electron chi connectivity index (χ2n) is 7.56. The molecule has 12 nitrogen and oxygen atoms in total. The van der Waals surface area contributed by atoms with E-state index < -0.39 is 21.0 Å². The minimum absolute atomic E-state index is 0.00926. The van der Waals surface area contributed by atoms with E-state index in [9.17, 15) is 25.3 Å². The standard InChI is InChI=1S/C8H13N3O3.C6H14O.C3H3N3O2/c1-8(2,12)3-4-10-6-7(5-9-10)11(13)14;1-4-5-6(2,3)7;7-6(8)3-1-4-5-2-3/h5-6,12H,3-4H2,1-2H3;7H,4-5H2,1-3H3;1-2H,(H,4,5). The molecular weight excluding hydrogens is 384 g/mol. The van der Waals surface area contributed by atoms with Crippen LogP contribution in [0.25, 0.3) is 0 Å². The Kier molecular flexibility index (Phi) is 10.7. The molecule has 2 aromatic heterocycles. The Balaban J connectivity index is 0.000000444. The number of nitrogens with zero attached hydrogens (tertiary/aromatic N) is 5. The van der Waals surface area contributed by atoms with Gasteiger partial charge in [0.2, 0.25) is 0 Å². The number of hydrogen-bond donors (Lipinski definition) is 3. The van der Waals surface area contributed by atoms with Crippen LogP contribution in [-0.2, 0) is 6.54 Å². The molecule has 2 rings (SSSR count). The number of aliphatic hydroxyl groups is 2. The van der Waals surface area contributed by atoms with Crippen LogP contribution in [0.3, 0.4) is 0 Å². The zero-order valence-electron chi connectivity index (χ0n) is 17.4. The summed E-state index contributed by atoms with van der Waals surface area (Å²) in [7, 11) is 0. The number of H-pyrrole nitrogens is 1. The molecule has 0 unspecified atom stereocenters. The van der Waals surface area contributed by atoms with Crippen LogP contribution in [0.4, 0.5) is 11.4 Å². The van der Waals surface area contributed by atoms with Gasteiger partial charge in [0.15, 0.2) is 0 Å². The van der Waals surface area contributed by atoms with E-state index in [0.29, 0.717) is 13.0 Å². The van der Waals surface area contributed by atoms with Crippen LogP contribution >= 0.6 is 0 Å². The van der Waals surface area contributed by atoms with E-state index in [1.807, 2.05) is 13.8 Å². The van der Waals surface area contributed by atoms with E-state index >= 15 is 0 Å². The summed E-state index contributed by atoms with van der Waals surface area (Å²) in [5, 5.41) is 48.1. The first kappa shape index (κ1) is 26.1. The lowest BCUT2D eigenvalue weighted by atomic mass is 10.0. The van der Waals surface area contributed by atoms with Crippen LogP contribution in [0.5, 0.6) is 0 Å². The van der Waals surface area contributed by atoms with Gasteiger partial charge in [-0.15, -0.1) is 0 Å². The summed E-state index contributed by atoms with van der Waals surface area (Å²) in [6.07, 6.45) is 7.39. The number of aromatic amines is 1. The first-order valence-corrected chi connectivity index (χ1v) is 9.00. The van der Waals surface area contributed by atoms with Crippen LogP contribution in [0.2, 0.25) is 0 Å². The molecule has 3 N–H and O–H groups in total. The molecule has 0 aliphatic heterocycles. The molecule has 2 heterocycles. The van der Waals surface area contributed by atoms with Crippen molar-refractivity contribution < 1.29 is 20.1 Å². The lowest BCUT2D eigenvalue weighted by molar-refractivity contribution is -0.385. The molecule has 0 aliphatic rings. The summed E-state index contributed by atoms with van der Waals surface area (Å²) in [6.45, 7) is 9.57. The molecular formula is C17H30N6O6. The highest BCUT2D eigenvalue weighted by molar-refractivity contribution is 5.20. The predicted molar refractivity (Wildman–Crippen MR) is 106 cm³/mol. The normalized spacial score (nSPS) is 11.0. The molecule has 2 aromatic rings. The van der Waals surface area contributed by atoms with Crippen LogP contribution in [0.1, 0.15) is 53.9 Å². The molecule has 29 heavy (non-hydrogen) atoms. The van der Waals surface area contributed by atoms with E-state index in [4.69, 9.17) is 5.11 Å². The molecule has 0 aliphatic carbocycles. The second kappa shape index (κ2) is 11.9. The molecule has 0 amide bonds. The number of nitrogens with one attached hydrogen (secondary N) is 1. The van der Waals surface area contributed by atoms with Gasteiger partial charge in [0, 0.05) is 6.54 Å². The van der Waals surface area contributed by atoms with Gasteiger partial charge in [-0.05, 0) is 40.5 Å². The van der Waals surface area contributed by atoms with Crippen LogP contribution in [-0.4, -0.2) is 51.2 Å². The molecule has 0 atom stereocenters. The van der Waals surface area contributed by atoms with Crippen molar-refractivity contribution in [2.75, 3.05) is 0 Å². The molecule has 0 saturated heterocycles. The van der Waals surface area contributed by atoms with E-state index in [0.717, 1.165) is 19.0 Å². The van der Waals surface area contributed by atoms with Crippen molar-refractivity contribution in [2.24, 2.45) is 0 Å². The third-order valence-electron chi connectivity index (χ3n) is 3.34. The van der Waals surface area contributed by atoms with Gasteiger partial charge in [0.25, 0.3) is 0 Å². The number of aromatic nitrogens is 4. The largest absolute Gasteiger partial charge is 0.390 e. The van der Waals surface area contributed by atoms with E-state index in [-0.39, 0.29) is 11.4 Å². The third kappa shape index (κ3) is 13.9. The predicted octanol–water partition coefficient (Wildman–Crippen LogP) is 2.83. The van der Waals surface area contributed by atoms with Gasteiger partial charge in [0.1, 0.15) is 18.6 Å². The highest BCUT2D eigenvalue weighted by Gasteiger charge is 2.14. The van der Waals surface area contributed by atoms with E-state index in [2.05, 4.69) is 22.2 Å². The highest BCUT2D eigenvalue weighted by atomic mass is 16.6. The van der Waals surface area contributed by atoms with E-state index in [1.54, 1.807) is 13.8 Å². The topological polar surface area (TPSA) is 173 Å². The summed E-state index contributed by atoms with van der Waals surface area (Å²) in [6, 6.07) is 0. The van der Waals surface area contributed by atoms with Crippen molar-refractivity contribution in [2.45, 2.75) is 71.6 Å².